The van der Waals surface area contributed by atoms with Crippen molar-refractivity contribution < 1.29 is 9.59 Å². The number of rotatable bonds is 8. The molecule has 5 rings (SSSR count). The molecule has 3 aliphatic rings. The Bertz CT molecular complexity index is 1150. The smallest absolute Gasteiger partial charge is 0.254 e. The van der Waals surface area contributed by atoms with Crippen LogP contribution in [-0.4, -0.2) is 46.3 Å². The zero-order valence-corrected chi connectivity index (χ0v) is 22.5. The molecule has 2 aliphatic carbocycles. The highest BCUT2D eigenvalue weighted by molar-refractivity contribution is 6.07. The minimum absolute atomic E-state index is 0.0354. The summed E-state index contributed by atoms with van der Waals surface area (Å²) in [6, 6.07) is 12.0. The molecule has 2 amide bonds. The molecule has 0 spiro atoms. The highest BCUT2D eigenvalue weighted by Gasteiger charge is 2.49. The van der Waals surface area contributed by atoms with Crippen molar-refractivity contribution in [3.05, 3.63) is 54.4 Å². The maximum Gasteiger partial charge on any atom is 0.254 e. The molecule has 202 valence electrons. The van der Waals surface area contributed by atoms with E-state index in [0.29, 0.717) is 17.4 Å². The monoisotopic (exact) mass is 515 g/mol. The number of hydrogen-bond donors (Lipinski definition) is 3. The van der Waals surface area contributed by atoms with Crippen molar-refractivity contribution in [1.82, 2.24) is 20.5 Å². The van der Waals surface area contributed by atoms with Crippen molar-refractivity contribution in [1.29, 1.82) is 5.41 Å². The summed E-state index contributed by atoms with van der Waals surface area (Å²) in [7, 11) is 1.71. The zero-order chi connectivity index (χ0) is 26.5. The van der Waals surface area contributed by atoms with Gasteiger partial charge in [0.15, 0.2) is 5.96 Å². The molecule has 3 fully saturated rings. The summed E-state index contributed by atoms with van der Waals surface area (Å²) in [4.78, 5) is 32.4. The normalized spacial score (nSPS) is 26.3. The SMILES string of the molecule is CN1C(=N)N[C@](CCC2CCCCC2)(C[C@H]2CCC[C@@H](NC(=O)c3cncc(-c4ccccc4)c3)C2)C1=O. The van der Waals surface area contributed by atoms with Crippen LogP contribution in [0, 0.1) is 17.2 Å². The van der Waals surface area contributed by atoms with Crippen LogP contribution < -0.4 is 10.6 Å². The largest absolute Gasteiger partial charge is 0.349 e. The van der Waals surface area contributed by atoms with Gasteiger partial charge < -0.3 is 10.6 Å². The van der Waals surface area contributed by atoms with Gasteiger partial charge in [-0.15, -0.1) is 0 Å². The number of benzene rings is 1. The Hall–Kier alpha value is -3.22. The number of guanidine groups is 1. The van der Waals surface area contributed by atoms with Crippen molar-refractivity contribution in [2.75, 3.05) is 7.05 Å². The van der Waals surface area contributed by atoms with Crippen LogP contribution >= 0.6 is 0 Å². The van der Waals surface area contributed by atoms with E-state index in [2.05, 4.69) is 15.6 Å². The van der Waals surface area contributed by atoms with Gasteiger partial charge in [0.2, 0.25) is 0 Å². The van der Waals surface area contributed by atoms with E-state index >= 15 is 0 Å². The van der Waals surface area contributed by atoms with E-state index in [4.69, 9.17) is 5.41 Å². The fourth-order valence-corrected chi connectivity index (χ4v) is 6.84. The zero-order valence-electron chi connectivity index (χ0n) is 22.5. The molecule has 38 heavy (non-hydrogen) atoms. The third-order valence-corrected chi connectivity index (χ3v) is 8.97. The summed E-state index contributed by atoms with van der Waals surface area (Å²) in [5.74, 6) is 1.17. The first-order valence-electron chi connectivity index (χ1n) is 14.4. The molecule has 7 nitrogen and oxygen atoms in total. The summed E-state index contributed by atoms with van der Waals surface area (Å²) < 4.78 is 0. The fourth-order valence-electron chi connectivity index (χ4n) is 6.84. The average Bonchev–Trinajstić information content (AvgIpc) is 3.16. The van der Waals surface area contributed by atoms with Gasteiger partial charge in [0.05, 0.1) is 5.56 Å². The van der Waals surface area contributed by atoms with E-state index in [1.165, 1.54) is 37.0 Å². The molecule has 3 atom stereocenters. The van der Waals surface area contributed by atoms with Crippen LogP contribution in [-0.2, 0) is 4.79 Å². The quantitative estimate of drug-likeness (QED) is 0.431. The molecule has 7 heteroatoms. The summed E-state index contributed by atoms with van der Waals surface area (Å²) in [5.41, 5.74) is 1.85. The molecule has 2 heterocycles. The molecule has 1 aliphatic heterocycles. The predicted octanol–water partition coefficient (Wildman–Crippen LogP) is 5.52. The molecule has 1 aromatic carbocycles. The van der Waals surface area contributed by atoms with Gasteiger partial charge in [-0.05, 0) is 55.6 Å². The first kappa shape index (κ1) is 26.4. The van der Waals surface area contributed by atoms with Gasteiger partial charge in [0, 0.05) is 31.0 Å². The minimum atomic E-state index is -0.687. The predicted molar refractivity (Wildman–Crippen MR) is 150 cm³/mol. The van der Waals surface area contributed by atoms with Gasteiger partial charge in [0.25, 0.3) is 11.8 Å². The van der Waals surface area contributed by atoms with E-state index in [-0.39, 0.29) is 23.8 Å². The Balaban J connectivity index is 1.23. The van der Waals surface area contributed by atoms with Gasteiger partial charge >= 0.3 is 0 Å². The molecule has 1 saturated heterocycles. The van der Waals surface area contributed by atoms with Crippen molar-refractivity contribution in [3.8, 4) is 11.1 Å². The van der Waals surface area contributed by atoms with Crippen LogP contribution in [0.3, 0.4) is 0 Å². The van der Waals surface area contributed by atoms with Gasteiger partial charge in [-0.2, -0.15) is 0 Å². The Labute approximate surface area is 226 Å². The number of carbonyl (C=O) groups is 2. The second kappa shape index (κ2) is 11.7. The summed E-state index contributed by atoms with van der Waals surface area (Å²) in [6.07, 6.45) is 16.3. The number of amides is 2. The lowest BCUT2D eigenvalue weighted by Crippen LogP contribution is -2.50. The molecule has 3 N–H and O–H groups in total. The molecule has 2 aromatic rings. The van der Waals surface area contributed by atoms with Crippen molar-refractivity contribution in [2.24, 2.45) is 11.8 Å². The number of aromatic nitrogens is 1. The van der Waals surface area contributed by atoms with Gasteiger partial charge in [-0.25, -0.2) is 0 Å². The number of carbonyl (C=O) groups excluding carboxylic acids is 2. The number of nitrogens with one attached hydrogen (secondary N) is 3. The molecule has 0 bridgehead atoms. The van der Waals surface area contributed by atoms with Crippen molar-refractivity contribution >= 4 is 17.8 Å². The van der Waals surface area contributed by atoms with Crippen LogP contribution in [0.25, 0.3) is 11.1 Å². The van der Waals surface area contributed by atoms with Crippen molar-refractivity contribution in [3.63, 3.8) is 0 Å². The van der Waals surface area contributed by atoms with Crippen LogP contribution in [0.1, 0.15) is 87.4 Å². The Morgan fingerprint density at radius 3 is 2.55 bits per heavy atom. The van der Waals surface area contributed by atoms with E-state index in [1.807, 2.05) is 36.4 Å². The topological polar surface area (TPSA) is 98.2 Å². The summed E-state index contributed by atoms with van der Waals surface area (Å²) >= 11 is 0. The first-order chi connectivity index (χ1) is 18.4. The van der Waals surface area contributed by atoms with Crippen LogP contribution in [0.4, 0.5) is 0 Å². The van der Waals surface area contributed by atoms with Gasteiger partial charge in [0.1, 0.15) is 5.54 Å². The van der Waals surface area contributed by atoms with Crippen molar-refractivity contribution in [2.45, 2.75) is 88.6 Å². The van der Waals surface area contributed by atoms with Crippen LogP contribution in [0.5, 0.6) is 0 Å². The van der Waals surface area contributed by atoms with Gasteiger partial charge in [-0.1, -0.05) is 75.3 Å². The van der Waals surface area contributed by atoms with Crippen LogP contribution in [0.2, 0.25) is 0 Å². The van der Waals surface area contributed by atoms with E-state index in [0.717, 1.165) is 56.1 Å². The maximum atomic E-state index is 13.4. The number of likely N-dealkylation sites (N-methyl/N-ethyl adjacent to an activating group) is 1. The number of pyridine rings is 1. The maximum absolute atomic E-state index is 13.4. The molecule has 2 saturated carbocycles. The third kappa shape index (κ3) is 5.92. The van der Waals surface area contributed by atoms with Crippen LogP contribution in [0.15, 0.2) is 48.8 Å². The summed E-state index contributed by atoms with van der Waals surface area (Å²) in [5, 5.41) is 14.9. The number of nitrogens with zero attached hydrogens (tertiary/aromatic N) is 2. The van der Waals surface area contributed by atoms with Gasteiger partial charge in [-0.3, -0.25) is 24.9 Å². The lowest BCUT2D eigenvalue weighted by molar-refractivity contribution is -0.131. The fraction of sp³-hybridized carbons (Fsp3) is 0.548. The molecular formula is C31H41N5O2. The highest BCUT2D eigenvalue weighted by atomic mass is 16.2. The Kier molecular flexibility index (Phi) is 8.10. The Morgan fingerprint density at radius 1 is 1.05 bits per heavy atom. The first-order valence-corrected chi connectivity index (χ1v) is 14.4. The minimum Gasteiger partial charge on any atom is -0.349 e. The van der Waals surface area contributed by atoms with E-state index in [9.17, 15) is 9.59 Å². The lowest BCUT2D eigenvalue weighted by Gasteiger charge is -2.36. The molecule has 1 aromatic heterocycles. The second-order valence-electron chi connectivity index (χ2n) is 11.7. The second-order valence-corrected chi connectivity index (χ2v) is 11.7. The third-order valence-electron chi connectivity index (χ3n) is 8.97. The Morgan fingerprint density at radius 2 is 1.82 bits per heavy atom. The number of hydrogen-bond acceptors (Lipinski definition) is 4. The lowest BCUT2D eigenvalue weighted by atomic mass is 9.74. The molecule has 0 unspecified atom stereocenters. The molecule has 0 radical (unpaired) electrons. The average molecular weight is 516 g/mol. The highest BCUT2D eigenvalue weighted by Crippen LogP contribution is 2.38. The summed E-state index contributed by atoms with van der Waals surface area (Å²) in [6.45, 7) is 0. The van der Waals surface area contributed by atoms with E-state index < -0.39 is 5.54 Å². The molecular weight excluding hydrogens is 474 g/mol. The standard InChI is InChI=1S/C31H41N5O2/c1-36-29(38)31(35-30(36)32,16-15-22-9-4-2-5-10-22)19-23-11-8-14-27(17-23)34-28(37)26-18-25(20-33-21-26)24-12-6-3-7-13-24/h3,6-7,12-13,18,20-23,27H,2,4-5,8-11,14-17,19H2,1H3,(H2,32,35)(H,34,37)/t23-,27+,31+/m0/s1. The van der Waals surface area contributed by atoms with E-state index in [1.54, 1.807) is 19.4 Å².